The van der Waals surface area contributed by atoms with Gasteiger partial charge in [0.2, 0.25) is 0 Å². The lowest BCUT2D eigenvalue weighted by Gasteiger charge is -2.05. The van der Waals surface area contributed by atoms with E-state index in [0.717, 1.165) is 6.20 Å². The summed E-state index contributed by atoms with van der Waals surface area (Å²) in [5, 5.41) is 18.0. The maximum absolute atomic E-state index is 12.1. The molecule has 2 aromatic rings. The van der Waals surface area contributed by atoms with Gasteiger partial charge in [0.15, 0.2) is 5.03 Å². The molecule has 0 fully saturated rings. The van der Waals surface area contributed by atoms with Gasteiger partial charge in [0, 0.05) is 12.2 Å². The van der Waals surface area contributed by atoms with Gasteiger partial charge in [-0.1, -0.05) is 0 Å². The molecule has 0 aliphatic heterocycles. The number of H-pyrrole nitrogens is 1. The summed E-state index contributed by atoms with van der Waals surface area (Å²) >= 11 is 0. The first kappa shape index (κ1) is 14.1. The van der Waals surface area contributed by atoms with E-state index in [1.807, 2.05) is 13.8 Å². The summed E-state index contributed by atoms with van der Waals surface area (Å²) in [7, 11) is -4.06. The normalized spacial score (nSPS) is 11.8. The van der Waals surface area contributed by atoms with Gasteiger partial charge in [-0.05, 0) is 13.8 Å². The molecule has 0 saturated heterocycles. The lowest BCUT2D eigenvalue weighted by molar-refractivity contribution is 0.0692. The van der Waals surface area contributed by atoms with Crippen molar-refractivity contribution in [1.82, 2.24) is 20.0 Å². The number of anilines is 1. The second kappa shape index (κ2) is 4.96. The summed E-state index contributed by atoms with van der Waals surface area (Å²) in [6.45, 7) is 3.78. The van der Waals surface area contributed by atoms with Crippen LogP contribution in [0.5, 0.6) is 0 Å². The van der Waals surface area contributed by atoms with Crippen LogP contribution in [-0.4, -0.2) is 39.5 Å². The van der Waals surface area contributed by atoms with Gasteiger partial charge in [-0.3, -0.25) is 14.5 Å². The first-order valence-electron chi connectivity index (χ1n) is 5.65. The van der Waals surface area contributed by atoms with Crippen LogP contribution in [0.1, 0.15) is 30.2 Å². The zero-order chi connectivity index (χ0) is 14.9. The van der Waals surface area contributed by atoms with Crippen molar-refractivity contribution in [2.75, 3.05) is 4.72 Å². The smallest absolute Gasteiger partial charge is 0.340 e. The van der Waals surface area contributed by atoms with E-state index < -0.39 is 26.6 Å². The molecule has 2 aromatic heterocycles. The quantitative estimate of drug-likeness (QED) is 0.744. The van der Waals surface area contributed by atoms with Crippen LogP contribution < -0.4 is 4.72 Å². The summed E-state index contributed by atoms with van der Waals surface area (Å²) in [5.74, 6) is -1.38. The van der Waals surface area contributed by atoms with Gasteiger partial charge in [0.1, 0.15) is 5.56 Å². The van der Waals surface area contributed by atoms with Gasteiger partial charge >= 0.3 is 5.97 Å². The van der Waals surface area contributed by atoms with E-state index in [4.69, 9.17) is 5.11 Å². The van der Waals surface area contributed by atoms with Crippen molar-refractivity contribution in [1.29, 1.82) is 0 Å². The Balaban J connectivity index is 2.31. The van der Waals surface area contributed by atoms with Crippen molar-refractivity contribution in [3.8, 4) is 0 Å². The average molecular weight is 299 g/mol. The maximum atomic E-state index is 12.1. The number of sulfonamides is 1. The fourth-order valence-corrected chi connectivity index (χ4v) is 2.63. The average Bonchev–Trinajstić information content (AvgIpc) is 2.95. The van der Waals surface area contributed by atoms with Crippen LogP contribution >= 0.6 is 0 Å². The van der Waals surface area contributed by atoms with Crippen molar-refractivity contribution >= 4 is 21.7 Å². The van der Waals surface area contributed by atoms with E-state index >= 15 is 0 Å². The molecule has 0 aliphatic rings. The highest BCUT2D eigenvalue weighted by atomic mass is 32.2. The molecule has 10 heteroatoms. The van der Waals surface area contributed by atoms with Gasteiger partial charge in [-0.2, -0.15) is 18.6 Å². The molecule has 0 amide bonds. The minimum atomic E-state index is -4.06. The minimum absolute atomic E-state index is 0.0787. The molecule has 0 radical (unpaired) electrons. The molecule has 9 nitrogen and oxygen atoms in total. The van der Waals surface area contributed by atoms with Crippen LogP contribution in [0.3, 0.4) is 0 Å². The topological polar surface area (TPSA) is 130 Å². The molecule has 0 unspecified atom stereocenters. The van der Waals surface area contributed by atoms with Crippen LogP contribution in [-0.2, 0) is 10.0 Å². The van der Waals surface area contributed by atoms with E-state index in [2.05, 4.69) is 20.0 Å². The molecule has 0 spiro atoms. The van der Waals surface area contributed by atoms with E-state index in [1.54, 1.807) is 4.68 Å². The zero-order valence-corrected chi connectivity index (χ0v) is 11.5. The summed E-state index contributed by atoms with van der Waals surface area (Å²) < 4.78 is 28.0. The van der Waals surface area contributed by atoms with Gasteiger partial charge in [0.05, 0.1) is 18.1 Å². The third-order valence-electron chi connectivity index (χ3n) is 2.49. The molecule has 0 aliphatic carbocycles. The number of hydrogen-bond acceptors (Lipinski definition) is 5. The zero-order valence-electron chi connectivity index (χ0n) is 10.7. The molecule has 2 heterocycles. The summed E-state index contributed by atoms with van der Waals surface area (Å²) in [6, 6.07) is 0.0787. The van der Waals surface area contributed by atoms with Crippen LogP contribution in [0.4, 0.5) is 5.69 Å². The lowest BCUT2D eigenvalue weighted by Crippen LogP contribution is -2.16. The second-order valence-electron chi connectivity index (χ2n) is 4.33. The third kappa shape index (κ3) is 2.64. The summed E-state index contributed by atoms with van der Waals surface area (Å²) in [5.41, 5.74) is -0.182. The van der Waals surface area contributed by atoms with Gasteiger partial charge in [0.25, 0.3) is 10.0 Å². The standard InChI is InChI=1S/C10H13N5O4S/c1-6(2)15-5-7(3-12-15)14-20(18,19)9-8(10(16)17)4-11-13-9/h3-6,14H,1-2H3,(H,11,13)(H,16,17). The minimum Gasteiger partial charge on any atom is -0.478 e. The monoisotopic (exact) mass is 299 g/mol. The Hall–Kier alpha value is -2.36. The SMILES string of the molecule is CC(C)n1cc(NS(=O)(=O)c2[nH]ncc2C(=O)O)cn1. The van der Waals surface area contributed by atoms with Crippen LogP contribution in [0, 0.1) is 0 Å². The maximum Gasteiger partial charge on any atom is 0.340 e. The van der Waals surface area contributed by atoms with Crippen molar-refractivity contribution in [2.45, 2.75) is 24.9 Å². The number of nitrogens with zero attached hydrogens (tertiary/aromatic N) is 3. The summed E-state index contributed by atoms with van der Waals surface area (Å²) in [4.78, 5) is 10.9. The molecule has 0 atom stereocenters. The largest absolute Gasteiger partial charge is 0.478 e. The van der Waals surface area contributed by atoms with E-state index in [9.17, 15) is 13.2 Å². The Morgan fingerprint density at radius 3 is 2.70 bits per heavy atom. The predicted molar refractivity (Wildman–Crippen MR) is 69.0 cm³/mol. The highest BCUT2D eigenvalue weighted by Crippen LogP contribution is 2.18. The van der Waals surface area contributed by atoms with E-state index in [-0.39, 0.29) is 11.7 Å². The Kier molecular flexibility index (Phi) is 3.49. The number of rotatable bonds is 5. The molecule has 0 aromatic carbocycles. The fraction of sp³-hybridized carbons (Fsp3) is 0.300. The molecule has 0 bridgehead atoms. The number of aromatic carboxylic acids is 1. The second-order valence-corrected chi connectivity index (χ2v) is 5.95. The Labute approximate surface area is 114 Å². The number of carboxylic acids is 1. The molecule has 108 valence electrons. The number of nitrogens with one attached hydrogen (secondary N) is 2. The van der Waals surface area contributed by atoms with Crippen molar-refractivity contribution in [3.05, 3.63) is 24.2 Å². The first-order valence-corrected chi connectivity index (χ1v) is 7.13. The lowest BCUT2D eigenvalue weighted by atomic mass is 10.4. The van der Waals surface area contributed by atoms with Crippen LogP contribution in [0.15, 0.2) is 23.6 Å². The highest BCUT2D eigenvalue weighted by molar-refractivity contribution is 7.92. The summed E-state index contributed by atoms with van der Waals surface area (Å²) in [6.07, 6.45) is 3.79. The third-order valence-corrected chi connectivity index (χ3v) is 3.84. The molecular weight excluding hydrogens is 286 g/mol. The number of hydrogen-bond donors (Lipinski definition) is 3. The van der Waals surface area contributed by atoms with Gasteiger partial charge in [-0.15, -0.1) is 0 Å². The number of carboxylic acid groups (broad SMARTS) is 1. The Morgan fingerprint density at radius 2 is 2.15 bits per heavy atom. The number of aromatic amines is 1. The van der Waals surface area contributed by atoms with E-state index in [1.165, 1.54) is 12.4 Å². The van der Waals surface area contributed by atoms with E-state index in [0.29, 0.717) is 0 Å². The van der Waals surface area contributed by atoms with Crippen molar-refractivity contribution in [2.24, 2.45) is 0 Å². The Morgan fingerprint density at radius 1 is 1.45 bits per heavy atom. The first-order chi connectivity index (χ1) is 9.31. The Bertz CT molecular complexity index is 730. The number of carbonyl (C=O) groups is 1. The van der Waals surface area contributed by atoms with Crippen LogP contribution in [0.2, 0.25) is 0 Å². The van der Waals surface area contributed by atoms with Gasteiger partial charge in [-0.25, -0.2) is 4.79 Å². The molecule has 0 saturated carbocycles. The molecule has 20 heavy (non-hydrogen) atoms. The predicted octanol–water partition coefficient (Wildman–Crippen LogP) is 0.686. The fourth-order valence-electron chi connectivity index (χ4n) is 1.51. The van der Waals surface area contributed by atoms with Crippen molar-refractivity contribution < 1.29 is 18.3 Å². The molecular formula is C10H13N5O4S. The molecule has 2 rings (SSSR count). The molecule has 3 N–H and O–H groups in total. The van der Waals surface area contributed by atoms with Crippen molar-refractivity contribution in [3.63, 3.8) is 0 Å². The highest BCUT2D eigenvalue weighted by Gasteiger charge is 2.25. The number of aromatic nitrogens is 4. The van der Waals surface area contributed by atoms with Crippen LogP contribution in [0.25, 0.3) is 0 Å². The van der Waals surface area contributed by atoms with Gasteiger partial charge < -0.3 is 5.11 Å².